The molecule has 1 N–H and O–H groups in total. The van der Waals surface area contributed by atoms with Crippen molar-refractivity contribution in [3.8, 4) is 23.0 Å². The summed E-state index contributed by atoms with van der Waals surface area (Å²) >= 11 is 0.893. The van der Waals surface area contributed by atoms with Crippen LogP contribution < -0.4 is 23.8 Å². The number of aromatic nitrogens is 1. The molecule has 1 aliphatic heterocycles. The van der Waals surface area contributed by atoms with E-state index in [-0.39, 0.29) is 32.6 Å². The van der Waals surface area contributed by atoms with E-state index < -0.39 is 29.5 Å². The molecule has 204 valence electrons. The first-order valence-corrected chi connectivity index (χ1v) is 12.3. The number of Topliss-reactive ketones (excluding diaryl/α,β-unsaturated/α-hetero) is 1. The van der Waals surface area contributed by atoms with Crippen LogP contribution in [0, 0.1) is 6.92 Å². The number of rotatable bonds is 8. The molecule has 1 atom stereocenters. The fourth-order valence-electron chi connectivity index (χ4n) is 4.30. The molecule has 2 heterocycles. The Hall–Kier alpha value is -4.58. The second kappa shape index (κ2) is 11.0. The van der Waals surface area contributed by atoms with Crippen molar-refractivity contribution in [3.63, 3.8) is 0 Å². The molecule has 0 radical (unpaired) electrons. The Morgan fingerprint density at radius 3 is 2.21 bits per heavy atom. The number of nitrogens with zero attached hydrogens (tertiary/aromatic N) is 2. The van der Waals surface area contributed by atoms with Gasteiger partial charge in [-0.15, -0.1) is 0 Å². The number of carbonyl (C=O) groups excluding carboxylic acids is 3. The summed E-state index contributed by atoms with van der Waals surface area (Å²) in [6, 6.07) is 8.43. The summed E-state index contributed by atoms with van der Waals surface area (Å²) in [7, 11) is 7.01. The van der Waals surface area contributed by atoms with Gasteiger partial charge in [0.2, 0.25) is 5.75 Å². The zero-order valence-electron chi connectivity index (χ0n) is 22.1. The van der Waals surface area contributed by atoms with Crippen LogP contribution in [0.25, 0.3) is 5.76 Å². The maximum Gasteiger partial charge on any atom is 0.350 e. The predicted molar refractivity (Wildman–Crippen MR) is 142 cm³/mol. The highest BCUT2D eigenvalue weighted by Gasteiger charge is 2.49. The van der Waals surface area contributed by atoms with Gasteiger partial charge in [-0.2, -0.15) is 0 Å². The maximum atomic E-state index is 13.5. The summed E-state index contributed by atoms with van der Waals surface area (Å²) in [6.45, 7) is 1.59. The third kappa shape index (κ3) is 4.74. The first-order valence-electron chi connectivity index (χ1n) is 11.5. The zero-order valence-corrected chi connectivity index (χ0v) is 22.9. The molecule has 3 aromatic rings. The summed E-state index contributed by atoms with van der Waals surface area (Å²) in [5.74, 6) is -1.66. The molecule has 0 saturated carbocycles. The van der Waals surface area contributed by atoms with E-state index in [1.54, 1.807) is 37.3 Å². The summed E-state index contributed by atoms with van der Waals surface area (Å²) in [5, 5.41) is 11.5. The average Bonchev–Trinajstić information content (AvgIpc) is 3.47. The number of benzene rings is 2. The van der Waals surface area contributed by atoms with E-state index in [9.17, 15) is 19.5 Å². The van der Waals surface area contributed by atoms with Gasteiger partial charge >= 0.3 is 11.9 Å². The minimum Gasteiger partial charge on any atom is -0.507 e. The molecule has 1 saturated heterocycles. The van der Waals surface area contributed by atoms with Gasteiger partial charge in [0, 0.05) is 5.56 Å². The number of esters is 1. The van der Waals surface area contributed by atoms with Gasteiger partial charge in [0.1, 0.15) is 16.4 Å². The fourth-order valence-corrected chi connectivity index (χ4v) is 5.31. The van der Waals surface area contributed by atoms with Crippen LogP contribution in [0.2, 0.25) is 0 Å². The molecular weight excluding hydrogens is 528 g/mol. The topological polar surface area (TPSA) is 134 Å². The summed E-state index contributed by atoms with van der Waals surface area (Å²) in [5.41, 5.74) is 0.742. The van der Waals surface area contributed by atoms with Crippen molar-refractivity contribution in [2.24, 2.45) is 0 Å². The summed E-state index contributed by atoms with van der Waals surface area (Å²) in [4.78, 5) is 45.0. The van der Waals surface area contributed by atoms with E-state index in [0.717, 1.165) is 16.2 Å². The van der Waals surface area contributed by atoms with Crippen molar-refractivity contribution >= 4 is 39.9 Å². The Kier molecular flexibility index (Phi) is 7.77. The van der Waals surface area contributed by atoms with Crippen LogP contribution in [-0.2, 0) is 14.3 Å². The fraction of sp³-hybridized carbons (Fsp3) is 0.259. The largest absolute Gasteiger partial charge is 0.507 e. The molecule has 1 aromatic heterocycles. The second-order valence-corrected chi connectivity index (χ2v) is 9.24. The first-order chi connectivity index (χ1) is 18.7. The number of amides is 1. The number of aryl methyl sites for hydroxylation is 1. The van der Waals surface area contributed by atoms with E-state index in [1.807, 2.05) is 0 Å². The van der Waals surface area contributed by atoms with E-state index >= 15 is 0 Å². The molecule has 2 aromatic carbocycles. The maximum absolute atomic E-state index is 13.5. The van der Waals surface area contributed by atoms with Crippen LogP contribution in [0.3, 0.4) is 0 Å². The van der Waals surface area contributed by atoms with Gasteiger partial charge in [-0.1, -0.05) is 23.5 Å². The van der Waals surface area contributed by atoms with Gasteiger partial charge in [0.05, 0.1) is 52.9 Å². The van der Waals surface area contributed by atoms with E-state index in [0.29, 0.717) is 22.8 Å². The predicted octanol–water partition coefficient (Wildman–Crippen LogP) is 3.90. The summed E-state index contributed by atoms with van der Waals surface area (Å²) < 4.78 is 26.5. The van der Waals surface area contributed by atoms with Gasteiger partial charge in [-0.3, -0.25) is 14.5 Å². The van der Waals surface area contributed by atoms with Crippen LogP contribution in [0.15, 0.2) is 42.0 Å². The zero-order chi connectivity index (χ0) is 28.4. The first kappa shape index (κ1) is 27.5. The number of thiazole rings is 1. The van der Waals surface area contributed by atoms with E-state index in [4.69, 9.17) is 23.7 Å². The van der Waals surface area contributed by atoms with Crippen LogP contribution in [0.5, 0.6) is 23.0 Å². The highest BCUT2D eigenvalue weighted by Crippen LogP contribution is 2.48. The van der Waals surface area contributed by atoms with E-state index in [1.165, 1.54) is 41.6 Å². The van der Waals surface area contributed by atoms with Gasteiger partial charge in [-0.25, -0.2) is 9.78 Å². The molecule has 1 aliphatic rings. The number of hydrogen-bond donors (Lipinski definition) is 1. The minimum atomic E-state index is -1.17. The Morgan fingerprint density at radius 1 is 0.974 bits per heavy atom. The standard InChI is InChI=1S/C27H26N2O9S/c1-13-24(26(33)38-6)39-27(28-13)29-20(15-11-17(35-3)23(37-5)18(12-15)36-4)19(22(31)25(29)32)21(30)14-8-7-9-16(10-14)34-2/h7-12,20,30H,1-6H3. The monoisotopic (exact) mass is 554 g/mol. The number of aliphatic hydroxyl groups is 1. The van der Waals surface area contributed by atoms with Crippen LogP contribution in [0.4, 0.5) is 5.13 Å². The molecule has 1 amide bonds. The molecule has 11 nitrogen and oxygen atoms in total. The molecule has 1 unspecified atom stereocenters. The van der Waals surface area contributed by atoms with Crippen molar-refractivity contribution in [2.45, 2.75) is 13.0 Å². The average molecular weight is 555 g/mol. The van der Waals surface area contributed by atoms with Crippen LogP contribution >= 0.6 is 11.3 Å². The molecular formula is C27H26N2O9S. The molecule has 1 fully saturated rings. The number of hydrogen-bond acceptors (Lipinski definition) is 11. The van der Waals surface area contributed by atoms with E-state index in [2.05, 4.69) is 4.98 Å². The number of anilines is 1. The number of carbonyl (C=O) groups is 3. The number of methoxy groups -OCH3 is 5. The molecule has 0 spiro atoms. The quantitative estimate of drug-likeness (QED) is 0.189. The number of ether oxygens (including phenoxy) is 5. The van der Waals surface area contributed by atoms with Gasteiger partial charge in [-0.05, 0) is 36.8 Å². The summed E-state index contributed by atoms with van der Waals surface area (Å²) in [6.07, 6.45) is 0. The SMILES string of the molecule is COC(=O)c1sc(N2C(=O)C(=O)C(=C(O)c3cccc(OC)c3)C2c2cc(OC)c(OC)c(OC)c2)nc1C. The van der Waals surface area contributed by atoms with Gasteiger partial charge in [0.15, 0.2) is 16.6 Å². The Morgan fingerprint density at radius 2 is 1.64 bits per heavy atom. The third-order valence-corrected chi connectivity index (χ3v) is 7.29. The van der Waals surface area contributed by atoms with Gasteiger partial charge < -0.3 is 28.8 Å². The lowest BCUT2D eigenvalue weighted by molar-refractivity contribution is -0.132. The number of aliphatic hydroxyl groups excluding tert-OH is 1. The van der Waals surface area contributed by atoms with Gasteiger partial charge in [0.25, 0.3) is 5.78 Å². The lowest BCUT2D eigenvalue weighted by atomic mass is 9.94. The molecule has 4 rings (SSSR count). The highest BCUT2D eigenvalue weighted by atomic mass is 32.1. The van der Waals surface area contributed by atoms with Crippen molar-refractivity contribution in [1.29, 1.82) is 0 Å². The normalized spacial score (nSPS) is 16.3. The van der Waals surface area contributed by atoms with Crippen LogP contribution in [0.1, 0.15) is 32.5 Å². The third-order valence-electron chi connectivity index (χ3n) is 6.15. The highest BCUT2D eigenvalue weighted by molar-refractivity contribution is 7.17. The Balaban J connectivity index is 2.02. The van der Waals surface area contributed by atoms with Crippen LogP contribution in [-0.4, -0.2) is 63.3 Å². The lowest BCUT2D eigenvalue weighted by Gasteiger charge is -2.24. The van der Waals surface area contributed by atoms with Crippen molar-refractivity contribution in [2.75, 3.05) is 40.4 Å². The van der Waals surface area contributed by atoms with Crippen molar-refractivity contribution in [1.82, 2.24) is 4.98 Å². The second-order valence-electron chi connectivity index (χ2n) is 8.26. The Bertz CT molecular complexity index is 1470. The molecule has 0 aliphatic carbocycles. The minimum absolute atomic E-state index is 0.0680. The van der Waals surface area contributed by atoms with Crippen molar-refractivity contribution in [3.05, 3.63) is 63.7 Å². The smallest absolute Gasteiger partial charge is 0.350 e. The number of ketones is 1. The lowest BCUT2D eigenvalue weighted by Crippen LogP contribution is -2.29. The molecule has 0 bridgehead atoms. The van der Waals surface area contributed by atoms with Crippen molar-refractivity contribution < 1.29 is 43.2 Å². The molecule has 12 heteroatoms. The Labute approximate surface area is 228 Å². The molecule has 39 heavy (non-hydrogen) atoms.